The fourth-order valence-corrected chi connectivity index (χ4v) is 3.05. The average molecular weight is 311 g/mol. The smallest absolute Gasteiger partial charge is 0.0448 e. The number of halogens is 1. The molecular weight excluding hydrogens is 296 g/mol. The van der Waals surface area contributed by atoms with Crippen LogP contribution < -0.4 is 5.73 Å². The van der Waals surface area contributed by atoms with E-state index in [1.165, 1.54) is 10.4 Å². The van der Waals surface area contributed by atoms with E-state index in [0.717, 1.165) is 23.0 Å². The molecule has 0 aliphatic rings. The first-order valence-electron chi connectivity index (χ1n) is 5.63. The lowest BCUT2D eigenvalue weighted by Gasteiger charge is -2.11. The Balaban J connectivity index is 2.11. The van der Waals surface area contributed by atoms with Crippen LogP contribution in [0.2, 0.25) is 0 Å². The second-order valence-electron chi connectivity index (χ2n) is 3.94. The van der Waals surface area contributed by atoms with Crippen molar-refractivity contribution in [3.63, 3.8) is 0 Å². The second kappa shape index (κ2) is 5.76. The van der Waals surface area contributed by atoms with Gasteiger partial charge in [-0.05, 0) is 51.5 Å². The van der Waals surface area contributed by atoms with Gasteiger partial charge in [-0.3, -0.25) is 4.98 Å². The molecule has 0 fully saturated rings. The highest BCUT2D eigenvalue weighted by Crippen LogP contribution is 2.25. The fraction of sp³-hybridized carbons (Fsp3) is 0.308. The minimum atomic E-state index is 0.0543. The average Bonchev–Trinajstić information content (AvgIpc) is 2.80. The summed E-state index contributed by atoms with van der Waals surface area (Å²) < 4.78 is 1.00. The van der Waals surface area contributed by atoms with E-state index in [4.69, 9.17) is 5.73 Å². The van der Waals surface area contributed by atoms with E-state index in [0.29, 0.717) is 0 Å². The van der Waals surface area contributed by atoms with Crippen LogP contribution in [0.4, 0.5) is 0 Å². The highest BCUT2D eigenvalue weighted by Gasteiger charge is 2.12. The highest BCUT2D eigenvalue weighted by atomic mass is 79.9. The zero-order valence-corrected chi connectivity index (χ0v) is 12.1. The zero-order chi connectivity index (χ0) is 12.3. The molecule has 2 N–H and O–H groups in total. The van der Waals surface area contributed by atoms with Crippen LogP contribution in [0.1, 0.15) is 29.1 Å². The molecule has 0 saturated carbocycles. The largest absolute Gasteiger partial charge is 0.323 e. The van der Waals surface area contributed by atoms with E-state index in [1.807, 2.05) is 18.3 Å². The van der Waals surface area contributed by atoms with Gasteiger partial charge in [0, 0.05) is 33.7 Å². The topological polar surface area (TPSA) is 38.9 Å². The molecule has 0 spiro atoms. The third kappa shape index (κ3) is 3.15. The molecule has 2 rings (SSSR count). The van der Waals surface area contributed by atoms with Crippen LogP contribution in [0, 0.1) is 0 Å². The molecule has 2 nitrogen and oxygen atoms in total. The Morgan fingerprint density at radius 1 is 1.41 bits per heavy atom. The molecular formula is C13H15BrN2S. The molecule has 4 heteroatoms. The van der Waals surface area contributed by atoms with Gasteiger partial charge in [-0.1, -0.05) is 6.92 Å². The second-order valence-corrected chi connectivity index (χ2v) is 5.81. The quantitative estimate of drug-likeness (QED) is 0.935. The molecule has 2 aromatic heterocycles. The van der Waals surface area contributed by atoms with Crippen molar-refractivity contribution < 1.29 is 0 Å². The predicted octanol–water partition coefficient (Wildman–Crippen LogP) is 3.71. The summed E-state index contributed by atoms with van der Waals surface area (Å²) in [6, 6.07) is 6.24. The number of rotatable bonds is 4. The van der Waals surface area contributed by atoms with Crippen molar-refractivity contribution in [3.8, 4) is 0 Å². The van der Waals surface area contributed by atoms with E-state index >= 15 is 0 Å². The van der Waals surface area contributed by atoms with E-state index in [2.05, 4.69) is 39.3 Å². The highest BCUT2D eigenvalue weighted by molar-refractivity contribution is 9.10. The zero-order valence-electron chi connectivity index (χ0n) is 9.69. The maximum atomic E-state index is 6.24. The number of aryl methyl sites for hydroxylation is 1. The summed E-state index contributed by atoms with van der Waals surface area (Å²) in [5.41, 5.74) is 8.64. The van der Waals surface area contributed by atoms with Crippen LogP contribution in [0.25, 0.3) is 0 Å². The van der Waals surface area contributed by atoms with Gasteiger partial charge in [0.2, 0.25) is 0 Å². The summed E-state index contributed by atoms with van der Waals surface area (Å²) in [4.78, 5) is 5.65. The van der Waals surface area contributed by atoms with Crippen molar-refractivity contribution in [1.29, 1.82) is 0 Å². The molecule has 0 amide bonds. The summed E-state index contributed by atoms with van der Waals surface area (Å²) in [6.07, 6.45) is 3.65. The molecule has 0 bridgehead atoms. The minimum absolute atomic E-state index is 0.0543. The third-order valence-electron chi connectivity index (χ3n) is 2.72. The van der Waals surface area contributed by atoms with Gasteiger partial charge >= 0.3 is 0 Å². The monoisotopic (exact) mass is 310 g/mol. The molecule has 1 atom stereocenters. The summed E-state index contributed by atoms with van der Waals surface area (Å²) in [6.45, 7) is 2.16. The van der Waals surface area contributed by atoms with Gasteiger partial charge in [-0.25, -0.2) is 0 Å². The molecule has 90 valence electrons. The Hall–Kier alpha value is -0.710. The Morgan fingerprint density at radius 3 is 2.88 bits per heavy atom. The molecule has 0 aliphatic carbocycles. The molecule has 0 radical (unpaired) electrons. The van der Waals surface area contributed by atoms with Crippen molar-refractivity contribution in [1.82, 2.24) is 4.98 Å². The van der Waals surface area contributed by atoms with Crippen molar-refractivity contribution in [2.75, 3.05) is 0 Å². The lowest BCUT2D eigenvalue weighted by molar-refractivity contribution is 0.712. The van der Waals surface area contributed by atoms with E-state index in [9.17, 15) is 0 Å². The van der Waals surface area contributed by atoms with Crippen LogP contribution in [0.3, 0.4) is 0 Å². The summed E-state index contributed by atoms with van der Waals surface area (Å²) >= 11 is 5.12. The van der Waals surface area contributed by atoms with Crippen LogP contribution in [0.15, 0.2) is 34.2 Å². The SMILES string of the molecule is CCc1ccsc1C(N)Cc1ccc(Br)cn1. The van der Waals surface area contributed by atoms with Gasteiger partial charge < -0.3 is 5.73 Å². The summed E-state index contributed by atoms with van der Waals surface area (Å²) in [5.74, 6) is 0. The number of nitrogens with two attached hydrogens (primary N) is 1. The normalized spacial score (nSPS) is 12.6. The molecule has 0 aromatic carbocycles. The van der Waals surface area contributed by atoms with E-state index in [-0.39, 0.29) is 6.04 Å². The number of thiophene rings is 1. The van der Waals surface area contributed by atoms with Crippen molar-refractivity contribution >= 4 is 27.3 Å². The Bertz CT molecular complexity index is 478. The van der Waals surface area contributed by atoms with Gasteiger partial charge in [0.15, 0.2) is 0 Å². The molecule has 2 heterocycles. The van der Waals surface area contributed by atoms with Gasteiger partial charge in [0.25, 0.3) is 0 Å². The first-order chi connectivity index (χ1) is 8.20. The van der Waals surface area contributed by atoms with E-state index < -0.39 is 0 Å². The van der Waals surface area contributed by atoms with Gasteiger partial charge in [-0.2, -0.15) is 0 Å². The minimum Gasteiger partial charge on any atom is -0.323 e. The number of hydrogen-bond acceptors (Lipinski definition) is 3. The lowest BCUT2D eigenvalue weighted by atomic mass is 10.1. The summed E-state index contributed by atoms with van der Waals surface area (Å²) in [5, 5.41) is 2.11. The first kappa shape index (κ1) is 12.7. The Morgan fingerprint density at radius 2 is 2.24 bits per heavy atom. The van der Waals surface area contributed by atoms with Crippen molar-refractivity contribution in [2.45, 2.75) is 25.8 Å². The number of nitrogens with zero attached hydrogens (tertiary/aromatic N) is 1. The van der Waals surface area contributed by atoms with Crippen LogP contribution >= 0.6 is 27.3 Å². The molecule has 0 saturated heterocycles. The fourth-order valence-electron chi connectivity index (χ4n) is 1.81. The van der Waals surface area contributed by atoms with Crippen LogP contribution in [-0.2, 0) is 12.8 Å². The Kier molecular flexibility index (Phi) is 4.31. The van der Waals surface area contributed by atoms with Gasteiger partial charge in [0.05, 0.1) is 0 Å². The molecule has 2 aromatic rings. The van der Waals surface area contributed by atoms with Gasteiger partial charge in [-0.15, -0.1) is 11.3 Å². The van der Waals surface area contributed by atoms with E-state index in [1.54, 1.807) is 11.3 Å². The first-order valence-corrected chi connectivity index (χ1v) is 7.30. The lowest BCUT2D eigenvalue weighted by Crippen LogP contribution is -2.14. The van der Waals surface area contributed by atoms with Crippen molar-refractivity contribution in [3.05, 3.63) is 50.4 Å². The maximum Gasteiger partial charge on any atom is 0.0448 e. The Labute approximate surface area is 114 Å². The van der Waals surface area contributed by atoms with Crippen LogP contribution in [0.5, 0.6) is 0 Å². The summed E-state index contributed by atoms with van der Waals surface area (Å²) in [7, 11) is 0. The van der Waals surface area contributed by atoms with Crippen LogP contribution in [-0.4, -0.2) is 4.98 Å². The van der Waals surface area contributed by atoms with Gasteiger partial charge in [0.1, 0.15) is 0 Å². The maximum absolute atomic E-state index is 6.24. The van der Waals surface area contributed by atoms with Crippen molar-refractivity contribution in [2.24, 2.45) is 5.73 Å². The molecule has 0 aliphatic heterocycles. The number of hydrogen-bond donors (Lipinski definition) is 1. The third-order valence-corrected chi connectivity index (χ3v) is 4.28. The number of pyridine rings is 1. The predicted molar refractivity (Wildman–Crippen MR) is 76.3 cm³/mol. The standard InChI is InChI=1S/C13H15BrN2S/c1-2-9-5-6-17-13(9)12(15)7-11-4-3-10(14)8-16-11/h3-6,8,12H,2,7,15H2,1H3. The molecule has 1 unspecified atom stereocenters. The molecule has 17 heavy (non-hydrogen) atoms. The number of aromatic nitrogens is 1.